The molecule has 16 heavy (non-hydrogen) atoms. The molecule has 8 nitrogen and oxygen atoms in total. The molecular formula is C8H6O8. The summed E-state index contributed by atoms with van der Waals surface area (Å²) in [5.41, 5.74) is -1.12. The lowest BCUT2D eigenvalue weighted by atomic mass is 10.1. The normalized spacial score (nSPS) is 9.62. The summed E-state index contributed by atoms with van der Waals surface area (Å²) >= 11 is 0. The van der Waals surface area contributed by atoms with Gasteiger partial charge >= 0.3 is 11.9 Å². The minimum absolute atomic E-state index is 0.559. The van der Waals surface area contributed by atoms with Gasteiger partial charge in [0.1, 0.15) is 11.1 Å². The fraction of sp³-hybridized carbons (Fsp3) is 0. The van der Waals surface area contributed by atoms with Gasteiger partial charge in [-0.15, -0.1) is 0 Å². The van der Waals surface area contributed by atoms with Crippen molar-refractivity contribution in [2.24, 2.45) is 0 Å². The van der Waals surface area contributed by atoms with Crippen LogP contribution < -0.4 is 9.78 Å². The van der Waals surface area contributed by atoms with Crippen molar-refractivity contribution in [1.82, 2.24) is 0 Å². The second kappa shape index (κ2) is 4.47. The molecule has 0 saturated carbocycles. The molecule has 8 heteroatoms. The fourth-order valence-electron chi connectivity index (χ4n) is 1.08. The van der Waals surface area contributed by atoms with E-state index in [1.807, 2.05) is 0 Å². The highest BCUT2D eigenvalue weighted by atomic mass is 17.1. The molecule has 1 aromatic carbocycles. The Morgan fingerprint density at radius 2 is 1.19 bits per heavy atom. The third-order valence-electron chi connectivity index (χ3n) is 1.76. The smallest absolute Gasteiger partial charge is 0.339 e. The van der Waals surface area contributed by atoms with Crippen LogP contribution in [0.1, 0.15) is 20.7 Å². The number of rotatable bonds is 4. The highest BCUT2D eigenvalue weighted by Gasteiger charge is 2.24. The molecule has 0 radical (unpaired) electrons. The third-order valence-corrected chi connectivity index (χ3v) is 1.76. The Labute approximate surface area is 87.7 Å². The largest absolute Gasteiger partial charge is 0.478 e. The van der Waals surface area contributed by atoms with Crippen molar-refractivity contribution >= 4 is 11.9 Å². The van der Waals surface area contributed by atoms with Crippen molar-refractivity contribution in [2.75, 3.05) is 0 Å². The Morgan fingerprint density at radius 3 is 1.38 bits per heavy atom. The number of carboxylic acids is 2. The molecule has 0 atom stereocenters. The van der Waals surface area contributed by atoms with Crippen LogP contribution in [0, 0.1) is 0 Å². The van der Waals surface area contributed by atoms with Crippen LogP contribution in [0.2, 0.25) is 0 Å². The quantitative estimate of drug-likeness (QED) is 0.440. The average Bonchev–Trinajstić information content (AvgIpc) is 2.26. The number of benzene rings is 1. The van der Waals surface area contributed by atoms with Gasteiger partial charge in [0.25, 0.3) is 0 Å². The van der Waals surface area contributed by atoms with Gasteiger partial charge in [-0.05, 0) is 12.1 Å². The maximum Gasteiger partial charge on any atom is 0.339 e. The number of carboxylic acid groups (broad SMARTS) is 2. The minimum atomic E-state index is -1.49. The zero-order valence-corrected chi connectivity index (χ0v) is 7.58. The molecule has 0 heterocycles. The van der Waals surface area contributed by atoms with Gasteiger partial charge < -0.3 is 20.0 Å². The van der Waals surface area contributed by atoms with E-state index in [1.165, 1.54) is 0 Å². The first-order valence-electron chi connectivity index (χ1n) is 3.79. The third kappa shape index (κ3) is 1.87. The Bertz CT molecular complexity index is 397. The van der Waals surface area contributed by atoms with Gasteiger partial charge in [-0.2, -0.15) is 0 Å². The van der Waals surface area contributed by atoms with E-state index in [0.29, 0.717) is 0 Å². The summed E-state index contributed by atoms with van der Waals surface area (Å²) in [7, 11) is 0. The van der Waals surface area contributed by atoms with Crippen LogP contribution >= 0.6 is 0 Å². The molecule has 1 rings (SSSR count). The van der Waals surface area contributed by atoms with E-state index in [9.17, 15) is 9.59 Å². The van der Waals surface area contributed by atoms with Crippen molar-refractivity contribution in [3.63, 3.8) is 0 Å². The highest BCUT2D eigenvalue weighted by Crippen LogP contribution is 2.34. The van der Waals surface area contributed by atoms with Crippen LogP contribution in [0.3, 0.4) is 0 Å². The number of carbonyl (C=O) groups is 2. The zero-order chi connectivity index (χ0) is 12.3. The lowest BCUT2D eigenvalue weighted by Gasteiger charge is -2.08. The second-order valence-electron chi connectivity index (χ2n) is 2.61. The molecule has 0 unspecified atom stereocenters. The molecule has 4 N–H and O–H groups in total. The first-order valence-corrected chi connectivity index (χ1v) is 3.79. The predicted octanol–water partition coefficient (Wildman–Crippen LogP) is 0.787. The van der Waals surface area contributed by atoms with Gasteiger partial charge in [-0.1, -0.05) is 0 Å². The summed E-state index contributed by atoms with van der Waals surface area (Å²) in [6.07, 6.45) is 0. The molecular weight excluding hydrogens is 224 g/mol. The number of hydrogen-bond donors (Lipinski definition) is 4. The molecule has 0 fully saturated rings. The lowest BCUT2D eigenvalue weighted by Crippen LogP contribution is -2.07. The summed E-state index contributed by atoms with van der Waals surface area (Å²) in [4.78, 5) is 28.7. The maximum absolute atomic E-state index is 10.7. The van der Waals surface area contributed by atoms with Gasteiger partial charge in [0, 0.05) is 0 Å². The predicted molar refractivity (Wildman–Crippen MR) is 46.9 cm³/mol. The van der Waals surface area contributed by atoms with Crippen LogP contribution in [0.25, 0.3) is 0 Å². The summed E-state index contributed by atoms with van der Waals surface area (Å²) in [6.45, 7) is 0. The standard InChI is InChI=1S/C8H6O8/c9-7(10)3-1-2-4(8(11)12)6(16-14)5(3)15-13/h1-2,13-14H,(H,9,10)(H,11,12). The van der Waals surface area contributed by atoms with Crippen LogP contribution in [0.4, 0.5) is 0 Å². The van der Waals surface area contributed by atoms with Crippen LogP contribution in [-0.4, -0.2) is 32.7 Å². The Hall–Kier alpha value is -2.32. The molecule has 0 spiro atoms. The summed E-state index contributed by atoms with van der Waals surface area (Å²) in [6, 6.07) is 1.78. The van der Waals surface area contributed by atoms with Gasteiger partial charge in [-0.3, -0.25) is 0 Å². The second-order valence-corrected chi connectivity index (χ2v) is 2.61. The Balaban J connectivity index is 3.52. The van der Waals surface area contributed by atoms with Crippen molar-refractivity contribution in [2.45, 2.75) is 0 Å². The molecule has 86 valence electrons. The zero-order valence-electron chi connectivity index (χ0n) is 7.58. The molecule has 0 aromatic heterocycles. The van der Waals surface area contributed by atoms with Crippen molar-refractivity contribution in [3.8, 4) is 11.5 Å². The van der Waals surface area contributed by atoms with E-state index in [-0.39, 0.29) is 0 Å². The molecule has 0 aliphatic heterocycles. The molecule has 0 saturated heterocycles. The van der Waals surface area contributed by atoms with Gasteiger partial charge in [0.05, 0.1) is 0 Å². The number of aromatic carboxylic acids is 2. The van der Waals surface area contributed by atoms with E-state index in [0.717, 1.165) is 12.1 Å². The lowest BCUT2D eigenvalue weighted by molar-refractivity contribution is -0.164. The SMILES string of the molecule is O=C(O)c1ccc(C(=O)O)c(OO)c1OO. The maximum atomic E-state index is 10.7. The molecule has 0 bridgehead atoms. The first-order chi connectivity index (χ1) is 7.52. The van der Waals surface area contributed by atoms with Crippen molar-refractivity contribution < 1.29 is 40.1 Å². The highest BCUT2D eigenvalue weighted by molar-refractivity contribution is 5.97. The first kappa shape index (κ1) is 11.8. The molecule has 0 aliphatic carbocycles. The average molecular weight is 230 g/mol. The van der Waals surface area contributed by atoms with E-state index in [1.54, 1.807) is 0 Å². The van der Waals surface area contributed by atoms with E-state index < -0.39 is 34.6 Å². The fourth-order valence-corrected chi connectivity index (χ4v) is 1.08. The van der Waals surface area contributed by atoms with E-state index in [4.69, 9.17) is 20.7 Å². The number of hydrogen-bond acceptors (Lipinski definition) is 6. The topological polar surface area (TPSA) is 134 Å². The Morgan fingerprint density at radius 1 is 0.875 bits per heavy atom. The molecule has 0 aliphatic rings. The molecule has 0 amide bonds. The summed E-state index contributed by atoms with van der Waals surface area (Å²) < 4.78 is 0. The van der Waals surface area contributed by atoms with Gasteiger partial charge in [0.15, 0.2) is 0 Å². The van der Waals surface area contributed by atoms with Crippen molar-refractivity contribution in [1.29, 1.82) is 0 Å². The summed E-state index contributed by atoms with van der Waals surface area (Å²) in [5.74, 6) is -4.57. The molecule has 1 aromatic rings. The van der Waals surface area contributed by atoms with E-state index in [2.05, 4.69) is 9.78 Å². The van der Waals surface area contributed by atoms with Crippen molar-refractivity contribution in [3.05, 3.63) is 23.3 Å². The minimum Gasteiger partial charge on any atom is -0.478 e. The van der Waals surface area contributed by atoms with Gasteiger partial charge in [-0.25, -0.2) is 20.1 Å². The van der Waals surface area contributed by atoms with Crippen LogP contribution in [0.5, 0.6) is 11.5 Å². The van der Waals surface area contributed by atoms with Gasteiger partial charge in [0.2, 0.25) is 11.5 Å². The summed E-state index contributed by atoms with van der Waals surface area (Å²) in [5, 5.41) is 34.2. The van der Waals surface area contributed by atoms with E-state index >= 15 is 0 Å². The van der Waals surface area contributed by atoms with Crippen LogP contribution in [-0.2, 0) is 0 Å². The van der Waals surface area contributed by atoms with Crippen LogP contribution in [0.15, 0.2) is 12.1 Å². The monoisotopic (exact) mass is 230 g/mol. The Kier molecular flexibility index (Phi) is 3.28.